The molecular weight excluding hydrogens is 284 g/mol. The van der Waals surface area contributed by atoms with Crippen LogP contribution in [0.25, 0.3) is 0 Å². The molecule has 1 heterocycles. The molecule has 3 N–H and O–H groups in total. The largest absolute Gasteiger partial charge is 0.380 e. The highest BCUT2D eigenvalue weighted by atomic mass is 16.5. The first kappa shape index (κ1) is 17.7. The molecule has 3 heteroatoms. The van der Waals surface area contributed by atoms with Gasteiger partial charge in [-0.15, -0.1) is 0 Å². The minimum atomic E-state index is 0. The van der Waals surface area contributed by atoms with E-state index in [1.165, 1.54) is 24.0 Å². The minimum Gasteiger partial charge on any atom is -0.380 e. The van der Waals surface area contributed by atoms with Crippen LogP contribution in [0.15, 0.2) is 60.7 Å². The highest BCUT2D eigenvalue weighted by Crippen LogP contribution is 2.25. The Morgan fingerprint density at radius 1 is 0.957 bits per heavy atom. The Kier molecular flexibility index (Phi) is 6.78. The van der Waals surface area contributed by atoms with Gasteiger partial charge in [0.05, 0.1) is 6.10 Å². The molecule has 2 aromatic carbocycles. The van der Waals surface area contributed by atoms with Crippen LogP contribution >= 0.6 is 0 Å². The average molecular weight is 312 g/mol. The van der Waals surface area contributed by atoms with Gasteiger partial charge in [0.1, 0.15) is 0 Å². The Hall–Kier alpha value is -1.68. The van der Waals surface area contributed by atoms with E-state index in [1.54, 1.807) is 0 Å². The Morgan fingerprint density at radius 2 is 1.57 bits per heavy atom. The van der Waals surface area contributed by atoms with Crippen molar-refractivity contribution in [3.8, 4) is 0 Å². The number of nitrogens with zero attached hydrogens (tertiary/aromatic N) is 1. The van der Waals surface area contributed by atoms with Crippen LogP contribution in [0, 0.1) is 0 Å². The van der Waals surface area contributed by atoms with E-state index in [0.717, 1.165) is 19.5 Å². The van der Waals surface area contributed by atoms with Crippen molar-refractivity contribution in [2.75, 3.05) is 13.7 Å². The monoisotopic (exact) mass is 312 g/mol. The van der Waals surface area contributed by atoms with Crippen LogP contribution in [-0.2, 0) is 17.7 Å². The smallest absolute Gasteiger partial charge is 0.0730 e. The molecule has 1 aliphatic rings. The van der Waals surface area contributed by atoms with Crippen LogP contribution in [0.3, 0.4) is 0 Å². The lowest BCUT2D eigenvalue weighted by Gasteiger charge is -2.41. The molecule has 3 nitrogen and oxygen atoms in total. The first-order chi connectivity index (χ1) is 10.9. The maximum absolute atomic E-state index is 5.80. The molecule has 2 unspecified atom stereocenters. The SMILES string of the molecule is COC1CCCN(Cc2ccccc2)C1Cc1ccccc1.N. The number of piperidine rings is 1. The molecule has 0 radical (unpaired) electrons. The van der Waals surface area contributed by atoms with Gasteiger partial charge in [-0.05, 0) is 36.9 Å². The van der Waals surface area contributed by atoms with Gasteiger partial charge in [-0.3, -0.25) is 4.90 Å². The van der Waals surface area contributed by atoms with Gasteiger partial charge in [0.15, 0.2) is 0 Å². The van der Waals surface area contributed by atoms with Crippen LogP contribution in [0.4, 0.5) is 0 Å². The summed E-state index contributed by atoms with van der Waals surface area (Å²) in [5.74, 6) is 0. The number of hydrogen-bond donors (Lipinski definition) is 1. The molecule has 0 aromatic heterocycles. The van der Waals surface area contributed by atoms with E-state index in [0.29, 0.717) is 12.1 Å². The second-order valence-electron chi connectivity index (χ2n) is 6.13. The predicted octanol–water partition coefficient (Wildman–Crippen LogP) is 4.07. The number of rotatable bonds is 5. The molecule has 2 atom stereocenters. The molecule has 3 rings (SSSR count). The van der Waals surface area contributed by atoms with Crippen molar-refractivity contribution in [1.82, 2.24) is 11.1 Å². The van der Waals surface area contributed by atoms with Crippen molar-refractivity contribution in [3.05, 3.63) is 71.8 Å². The Morgan fingerprint density at radius 3 is 2.17 bits per heavy atom. The molecule has 0 spiro atoms. The molecule has 23 heavy (non-hydrogen) atoms. The number of hydrogen-bond acceptors (Lipinski definition) is 3. The van der Waals surface area contributed by atoms with E-state index in [1.807, 2.05) is 7.11 Å². The molecule has 1 saturated heterocycles. The van der Waals surface area contributed by atoms with Gasteiger partial charge in [-0.1, -0.05) is 60.7 Å². The van der Waals surface area contributed by atoms with Crippen molar-refractivity contribution in [1.29, 1.82) is 0 Å². The van der Waals surface area contributed by atoms with Crippen LogP contribution in [0.5, 0.6) is 0 Å². The Labute approximate surface area is 139 Å². The number of methoxy groups -OCH3 is 1. The van der Waals surface area contributed by atoms with Gasteiger partial charge < -0.3 is 10.9 Å². The van der Waals surface area contributed by atoms with E-state index in [-0.39, 0.29) is 6.15 Å². The lowest BCUT2D eigenvalue weighted by Crippen LogP contribution is -2.49. The van der Waals surface area contributed by atoms with Crippen LogP contribution in [0.1, 0.15) is 24.0 Å². The van der Waals surface area contributed by atoms with Gasteiger partial charge in [0.2, 0.25) is 0 Å². The van der Waals surface area contributed by atoms with Gasteiger partial charge in [0, 0.05) is 19.7 Å². The van der Waals surface area contributed by atoms with Crippen molar-refractivity contribution in [2.45, 2.75) is 38.0 Å². The molecule has 124 valence electrons. The molecule has 0 saturated carbocycles. The Bertz CT molecular complexity index is 558. The third-order valence-electron chi connectivity index (χ3n) is 4.65. The third-order valence-corrected chi connectivity index (χ3v) is 4.65. The van der Waals surface area contributed by atoms with E-state index in [2.05, 4.69) is 65.6 Å². The first-order valence-corrected chi connectivity index (χ1v) is 8.21. The predicted molar refractivity (Wildman–Crippen MR) is 95.8 cm³/mol. The summed E-state index contributed by atoms with van der Waals surface area (Å²) in [6.07, 6.45) is 3.78. The zero-order valence-electron chi connectivity index (χ0n) is 14.0. The maximum atomic E-state index is 5.80. The molecule has 0 bridgehead atoms. The summed E-state index contributed by atoms with van der Waals surface area (Å²) < 4.78 is 5.80. The molecule has 0 amide bonds. The summed E-state index contributed by atoms with van der Waals surface area (Å²) in [4.78, 5) is 2.60. The standard InChI is InChI=1S/C20H25NO.H3N/c1-22-20-13-8-14-21(16-18-11-6-3-7-12-18)19(20)15-17-9-4-2-5-10-17;/h2-7,9-12,19-20H,8,13-16H2,1H3;1H3. The molecular formula is C20H28N2O. The fourth-order valence-corrected chi connectivity index (χ4v) is 3.49. The van der Waals surface area contributed by atoms with E-state index in [9.17, 15) is 0 Å². The number of benzene rings is 2. The fraction of sp³-hybridized carbons (Fsp3) is 0.400. The Balaban J connectivity index is 0.00000192. The average Bonchev–Trinajstić information content (AvgIpc) is 2.58. The van der Waals surface area contributed by atoms with Gasteiger partial charge >= 0.3 is 0 Å². The quantitative estimate of drug-likeness (QED) is 0.905. The van der Waals surface area contributed by atoms with Crippen LogP contribution < -0.4 is 6.15 Å². The highest BCUT2D eigenvalue weighted by Gasteiger charge is 2.31. The fourth-order valence-electron chi connectivity index (χ4n) is 3.49. The van der Waals surface area contributed by atoms with Crippen molar-refractivity contribution in [3.63, 3.8) is 0 Å². The van der Waals surface area contributed by atoms with Crippen LogP contribution in [-0.4, -0.2) is 30.7 Å². The third kappa shape index (κ3) is 4.64. The van der Waals surface area contributed by atoms with Gasteiger partial charge in [-0.25, -0.2) is 0 Å². The minimum absolute atomic E-state index is 0. The molecule has 1 aliphatic heterocycles. The molecule has 1 fully saturated rings. The van der Waals surface area contributed by atoms with E-state index in [4.69, 9.17) is 4.74 Å². The summed E-state index contributed by atoms with van der Waals surface area (Å²) in [6, 6.07) is 22.0. The highest BCUT2D eigenvalue weighted by molar-refractivity contribution is 5.18. The lowest BCUT2D eigenvalue weighted by molar-refractivity contribution is -0.0218. The summed E-state index contributed by atoms with van der Waals surface area (Å²) in [7, 11) is 1.86. The second kappa shape index (κ2) is 8.82. The van der Waals surface area contributed by atoms with Gasteiger partial charge in [-0.2, -0.15) is 0 Å². The zero-order chi connectivity index (χ0) is 15.2. The van der Waals surface area contributed by atoms with Gasteiger partial charge in [0.25, 0.3) is 0 Å². The second-order valence-corrected chi connectivity index (χ2v) is 6.13. The summed E-state index contributed by atoms with van der Waals surface area (Å²) in [5.41, 5.74) is 2.78. The molecule has 2 aromatic rings. The maximum Gasteiger partial charge on any atom is 0.0730 e. The van der Waals surface area contributed by atoms with Crippen molar-refractivity contribution < 1.29 is 4.74 Å². The normalized spacial score (nSPS) is 21.6. The van der Waals surface area contributed by atoms with Crippen LogP contribution in [0.2, 0.25) is 0 Å². The number of ether oxygens (including phenoxy) is 1. The summed E-state index contributed by atoms with van der Waals surface area (Å²) >= 11 is 0. The zero-order valence-corrected chi connectivity index (χ0v) is 14.0. The topological polar surface area (TPSA) is 47.5 Å². The van der Waals surface area contributed by atoms with E-state index < -0.39 is 0 Å². The van der Waals surface area contributed by atoms with E-state index >= 15 is 0 Å². The van der Waals surface area contributed by atoms with Crippen molar-refractivity contribution >= 4 is 0 Å². The lowest BCUT2D eigenvalue weighted by atomic mass is 9.92. The van der Waals surface area contributed by atoms with Crippen molar-refractivity contribution in [2.24, 2.45) is 0 Å². The summed E-state index contributed by atoms with van der Waals surface area (Å²) in [6.45, 7) is 2.17. The summed E-state index contributed by atoms with van der Waals surface area (Å²) in [5, 5.41) is 0. The number of likely N-dealkylation sites (tertiary alicyclic amines) is 1. The first-order valence-electron chi connectivity index (χ1n) is 8.21. The molecule has 0 aliphatic carbocycles.